The highest BCUT2D eigenvalue weighted by Crippen LogP contribution is 2.05. The molecule has 1 aliphatic heterocycles. The van der Waals surface area contributed by atoms with Crippen LogP contribution in [0.25, 0.3) is 0 Å². The second kappa shape index (κ2) is 7.86. The maximum atomic E-state index is 2.60. The molecule has 0 atom stereocenters. The molecule has 0 N–H and O–H groups in total. The molecule has 0 aliphatic carbocycles. The van der Waals surface area contributed by atoms with E-state index in [-0.39, 0.29) is 0 Å². The minimum Gasteiger partial charge on any atom is -0.301 e. The maximum absolute atomic E-state index is 2.60. The third kappa shape index (κ3) is 5.66. The lowest BCUT2D eigenvalue weighted by Gasteiger charge is -2.35. The number of hydrogen-bond acceptors (Lipinski definition) is 2. The fourth-order valence-corrected chi connectivity index (χ4v) is 2.25. The Balaban J connectivity index is 2.09. The number of piperazine rings is 1. The van der Waals surface area contributed by atoms with E-state index in [9.17, 15) is 0 Å². The Bertz CT molecular complexity index is 191. The molecular formula is C14H28N2. The monoisotopic (exact) mass is 224 g/mol. The molecule has 1 saturated heterocycles. The smallest absolute Gasteiger partial charge is 0.0110 e. The molecule has 0 radical (unpaired) electrons. The minimum absolute atomic E-state index is 0.805. The molecule has 2 heteroatoms. The summed E-state index contributed by atoms with van der Waals surface area (Å²) in [5.74, 6) is 0.805. The summed E-state index contributed by atoms with van der Waals surface area (Å²) in [5.41, 5.74) is 0. The van der Waals surface area contributed by atoms with Gasteiger partial charge in [-0.25, -0.2) is 0 Å². The highest BCUT2D eigenvalue weighted by atomic mass is 15.3. The van der Waals surface area contributed by atoms with E-state index in [0.29, 0.717) is 0 Å². The van der Waals surface area contributed by atoms with Gasteiger partial charge in [0.2, 0.25) is 0 Å². The summed E-state index contributed by atoms with van der Waals surface area (Å²) in [6.45, 7) is 14.4. The van der Waals surface area contributed by atoms with E-state index in [4.69, 9.17) is 0 Å². The van der Waals surface area contributed by atoms with Gasteiger partial charge < -0.3 is 9.80 Å². The fourth-order valence-electron chi connectivity index (χ4n) is 2.25. The lowest BCUT2D eigenvalue weighted by molar-refractivity contribution is 0.124. The zero-order valence-corrected chi connectivity index (χ0v) is 11.3. The first-order valence-corrected chi connectivity index (χ1v) is 6.82. The summed E-state index contributed by atoms with van der Waals surface area (Å²) < 4.78 is 0. The summed E-state index contributed by atoms with van der Waals surface area (Å²) in [5, 5.41) is 0. The molecule has 2 nitrogen and oxygen atoms in total. The molecule has 1 heterocycles. The largest absolute Gasteiger partial charge is 0.301 e. The van der Waals surface area contributed by atoms with Crippen LogP contribution in [0, 0.1) is 5.92 Å². The van der Waals surface area contributed by atoms with Crippen molar-refractivity contribution in [2.75, 3.05) is 39.3 Å². The van der Waals surface area contributed by atoms with Gasteiger partial charge in [-0.05, 0) is 18.8 Å². The normalized spacial score (nSPS) is 20.0. The van der Waals surface area contributed by atoms with Gasteiger partial charge in [-0.2, -0.15) is 0 Å². The van der Waals surface area contributed by atoms with Crippen molar-refractivity contribution in [1.29, 1.82) is 0 Å². The predicted octanol–water partition coefficient (Wildman–Crippen LogP) is 2.62. The number of rotatable bonds is 6. The van der Waals surface area contributed by atoms with Gasteiger partial charge >= 0.3 is 0 Å². The molecule has 1 aliphatic rings. The second-order valence-corrected chi connectivity index (χ2v) is 5.20. The summed E-state index contributed by atoms with van der Waals surface area (Å²) in [6.07, 6.45) is 6.98. The van der Waals surface area contributed by atoms with Gasteiger partial charge in [-0.3, -0.25) is 0 Å². The zero-order valence-electron chi connectivity index (χ0n) is 11.3. The quantitative estimate of drug-likeness (QED) is 0.640. The van der Waals surface area contributed by atoms with Crippen LogP contribution >= 0.6 is 0 Å². The van der Waals surface area contributed by atoms with Crippen molar-refractivity contribution < 1.29 is 0 Å². The molecule has 0 bridgehead atoms. The Hall–Kier alpha value is -0.340. The molecule has 16 heavy (non-hydrogen) atoms. The number of allylic oxidation sites excluding steroid dienone is 1. The fraction of sp³-hybridized carbons (Fsp3) is 0.857. The summed E-state index contributed by atoms with van der Waals surface area (Å²) in [7, 11) is 0. The molecule has 0 unspecified atom stereocenters. The lowest BCUT2D eigenvalue weighted by atomic mass is 10.2. The molecule has 0 spiro atoms. The van der Waals surface area contributed by atoms with Crippen LogP contribution in [-0.4, -0.2) is 49.1 Å². The Morgan fingerprint density at radius 1 is 1.00 bits per heavy atom. The van der Waals surface area contributed by atoms with Crippen LogP contribution in [0.15, 0.2) is 12.2 Å². The highest BCUT2D eigenvalue weighted by molar-refractivity contribution is 4.82. The summed E-state index contributed by atoms with van der Waals surface area (Å²) in [6, 6.07) is 0. The van der Waals surface area contributed by atoms with Gasteiger partial charge in [0.15, 0.2) is 0 Å². The van der Waals surface area contributed by atoms with Crippen LogP contribution in [0.5, 0.6) is 0 Å². The topological polar surface area (TPSA) is 6.48 Å². The molecule has 1 fully saturated rings. The van der Waals surface area contributed by atoms with E-state index < -0.39 is 0 Å². The molecule has 0 aromatic carbocycles. The molecule has 0 aromatic rings. The first-order chi connectivity index (χ1) is 7.72. The van der Waals surface area contributed by atoms with E-state index in [1.165, 1.54) is 52.1 Å². The van der Waals surface area contributed by atoms with Crippen molar-refractivity contribution >= 4 is 0 Å². The minimum atomic E-state index is 0.805. The first-order valence-electron chi connectivity index (χ1n) is 6.82. The Morgan fingerprint density at radius 3 is 2.19 bits per heavy atom. The molecule has 94 valence electrons. The average Bonchev–Trinajstić information content (AvgIpc) is 2.26. The standard InChI is InChI=1S/C14H28N2/c1-4-5-6-7-8-15-9-11-16(12-10-15)13-14(2)3/h5-6,14H,4,7-13H2,1-3H3. The Kier molecular flexibility index (Phi) is 6.74. The van der Waals surface area contributed by atoms with Gasteiger partial charge in [0, 0.05) is 39.3 Å². The third-order valence-corrected chi connectivity index (χ3v) is 3.10. The van der Waals surface area contributed by atoms with Crippen molar-refractivity contribution in [2.24, 2.45) is 5.92 Å². The van der Waals surface area contributed by atoms with E-state index in [0.717, 1.165) is 5.92 Å². The maximum Gasteiger partial charge on any atom is 0.0110 e. The van der Waals surface area contributed by atoms with Crippen LogP contribution in [0.2, 0.25) is 0 Å². The lowest BCUT2D eigenvalue weighted by Crippen LogP contribution is -2.47. The predicted molar refractivity (Wildman–Crippen MR) is 71.8 cm³/mol. The first kappa shape index (κ1) is 13.7. The van der Waals surface area contributed by atoms with Gasteiger partial charge in [-0.15, -0.1) is 0 Å². The van der Waals surface area contributed by atoms with Crippen molar-refractivity contribution in [3.63, 3.8) is 0 Å². The van der Waals surface area contributed by atoms with Crippen LogP contribution in [0.1, 0.15) is 33.6 Å². The molecule has 0 saturated carbocycles. The highest BCUT2D eigenvalue weighted by Gasteiger charge is 2.16. The summed E-state index contributed by atoms with van der Waals surface area (Å²) >= 11 is 0. The third-order valence-electron chi connectivity index (χ3n) is 3.10. The van der Waals surface area contributed by atoms with E-state index in [1.807, 2.05) is 0 Å². The summed E-state index contributed by atoms with van der Waals surface area (Å²) in [4.78, 5) is 5.19. The van der Waals surface area contributed by atoms with Crippen LogP contribution in [0.3, 0.4) is 0 Å². The van der Waals surface area contributed by atoms with Crippen LogP contribution in [0.4, 0.5) is 0 Å². The van der Waals surface area contributed by atoms with Crippen molar-refractivity contribution in [2.45, 2.75) is 33.6 Å². The van der Waals surface area contributed by atoms with E-state index >= 15 is 0 Å². The van der Waals surface area contributed by atoms with Gasteiger partial charge in [0.25, 0.3) is 0 Å². The van der Waals surface area contributed by atoms with E-state index in [1.54, 1.807) is 0 Å². The van der Waals surface area contributed by atoms with Crippen molar-refractivity contribution in [1.82, 2.24) is 9.80 Å². The van der Waals surface area contributed by atoms with Crippen molar-refractivity contribution in [3.05, 3.63) is 12.2 Å². The molecule has 1 rings (SSSR count). The average molecular weight is 224 g/mol. The Morgan fingerprint density at radius 2 is 1.62 bits per heavy atom. The van der Waals surface area contributed by atoms with Gasteiger partial charge in [0.1, 0.15) is 0 Å². The van der Waals surface area contributed by atoms with Gasteiger partial charge in [-0.1, -0.05) is 32.9 Å². The van der Waals surface area contributed by atoms with Gasteiger partial charge in [0.05, 0.1) is 0 Å². The second-order valence-electron chi connectivity index (χ2n) is 5.20. The van der Waals surface area contributed by atoms with Crippen LogP contribution < -0.4 is 0 Å². The SMILES string of the molecule is CCC=CCCN1CCN(CC(C)C)CC1. The Labute approximate surface area is 101 Å². The van der Waals surface area contributed by atoms with Crippen molar-refractivity contribution in [3.8, 4) is 0 Å². The van der Waals surface area contributed by atoms with E-state index in [2.05, 4.69) is 42.7 Å². The molecular weight excluding hydrogens is 196 g/mol. The van der Waals surface area contributed by atoms with Crippen LogP contribution in [-0.2, 0) is 0 Å². The molecule has 0 aromatic heterocycles. The number of nitrogens with zero attached hydrogens (tertiary/aromatic N) is 2. The molecule has 0 amide bonds. The zero-order chi connectivity index (χ0) is 11.8. The number of hydrogen-bond donors (Lipinski definition) is 0.